The van der Waals surface area contributed by atoms with Crippen molar-refractivity contribution >= 4 is 0 Å². The first kappa shape index (κ1) is 14.7. The van der Waals surface area contributed by atoms with Gasteiger partial charge in [0, 0.05) is 23.1 Å². The van der Waals surface area contributed by atoms with Crippen LogP contribution in [-0.4, -0.2) is 7.05 Å². The topological polar surface area (TPSA) is 12.0 Å². The third-order valence-corrected chi connectivity index (χ3v) is 3.80. The fourth-order valence-corrected chi connectivity index (χ4v) is 2.68. The van der Waals surface area contributed by atoms with Crippen LogP contribution in [-0.2, 0) is 5.41 Å². The predicted molar refractivity (Wildman–Crippen MR) is 77.6 cm³/mol. The maximum Gasteiger partial charge on any atom is 0.130 e. The smallest absolute Gasteiger partial charge is 0.130 e. The van der Waals surface area contributed by atoms with Crippen molar-refractivity contribution in [3.05, 3.63) is 71.3 Å². The van der Waals surface area contributed by atoms with E-state index in [1.807, 2.05) is 44.2 Å². The molecule has 0 radical (unpaired) electrons. The maximum atomic E-state index is 14.1. The lowest BCUT2D eigenvalue weighted by Gasteiger charge is -2.35. The van der Waals surface area contributed by atoms with Crippen LogP contribution in [0.25, 0.3) is 0 Å². The minimum Gasteiger partial charge on any atom is -0.312 e. The quantitative estimate of drug-likeness (QED) is 0.881. The van der Waals surface area contributed by atoms with E-state index in [4.69, 9.17) is 0 Å². The van der Waals surface area contributed by atoms with Crippen LogP contribution in [0, 0.1) is 11.6 Å². The lowest BCUT2D eigenvalue weighted by atomic mass is 9.75. The van der Waals surface area contributed by atoms with Crippen molar-refractivity contribution in [1.82, 2.24) is 5.32 Å². The first-order valence-electron chi connectivity index (χ1n) is 6.64. The number of benzene rings is 2. The minimum atomic E-state index is -0.557. The summed E-state index contributed by atoms with van der Waals surface area (Å²) in [5.74, 6) is -1.08. The fourth-order valence-electron chi connectivity index (χ4n) is 2.68. The molecule has 0 heterocycles. The van der Waals surface area contributed by atoms with Crippen LogP contribution < -0.4 is 5.32 Å². The van der Waals surface area contributed by atoms with Gasteiger partial charge in [-0.2, -0.15) is 0 Å². The van der Waals surface area contributed by atoms with Crippen molar-refractivity contribution in [3.8, 4) is 0 Å². The summed E-state index contributed by atoms with van der Waals surface area (Å²) in [5.41, 5.74) is 1.25. The Hall–Kier alpha value is -1.74. The maximum absolute atomic E-state index is 14.1. The molecular formula is C17H19F2N. The Labute approximate surface area is 118 Å². The molecule has 0 spiro atoms. The molecule has 0 saturated carbocycles. The van der Waals surface area contributed by atoms with Crippen LogP contribution in [0.4, 0.5) is 8.78 Å². The fraction of sp³-hybridized carbons (Fsp3) is 0.294. The number of nitrogens with one attached hydrogen (secondary N) is 1. The molecule has 0 amide bonds. The van der Waals surface area contributed by atoms with Gasteiger partial charge in [0.1, 0.15) is 11.6 Å². The van der Waals surface area contributed by atoms with Gasteiger partial charge in [-0.3, -0.25) is 0 Å². The van der Waals surface area contributed by atoms with Gasteiger partial charge in [0.2, 0.25) is 0 Å². The van der Waals surface area contributed by atoms with Gasteiger partial charge in [-0.25, -0.2) is 8.78 Å². The summed E-state index contributed by atoms with van der Waals surface area (Å²) in [5, 5.41) is 3.15. The number of rotatable bonds is 4. The van der Waals surface area contributed by atoms with E-state index in [1.54, 1.807) is 7.05 Å². The van der Waals surface area contributed by atoms with Crippen LogP contribution in [0.3, 0.4) is 0 Å². The van der Waals surface area contributed by atoms with E-state index >= 15 is 0 Å². The normalized spacial score (nSPS) is 13.2. The lowest BCUT2D eigenvalue weighted by Crippen LogP contribution is -2.36. The van der Waals surface area contributed by atoms with Gasteiger partial charge in [-0.15, -0.1) is 0 Å². The molecule has 106 valence electrons. The van der Waals surface area contributed by atoms with Crippen LogP contribution in [0.15, 0.2) is 48.5 Å². The number of hydrogen-bond acceptors (Lipinski definition) is 1. The van der Waals surface area contributed by atoms with Crippen molar-refractivity contribution in [1.29, 1.82) is 0 Å². The molecule has 1 N–H and O–H groups in total. The lowest BCUT2D eigenvalue weighted by molar-refractivity contribution is 0.356. The second-order valence-electron chi connectivity index (χ2n) is 5.48. The van der Waals surface area contributed by atoms with E-state index in [9.17, 15) is 8.78 Å². The Kier molecular flexibility index (Phi) is 4.19. The monoisotopic (exact) mass is 275 g/mol. The van der Waals surface area contributed by atoms with E-state index in [2.05, 4.69) is 5.32 Å². The third-order valence-electron chi connectivity index (χ3n) is 3.80. The highest BCUT2D eigenvalue weighted by Gasteiger charge is 2.33. The second kappa shape index (κ2) is 5.71. The Balaban J connectivity index is 2.46. The predicted octanol–water partition coefficient (Wildman–Crippen LogP) is 4.20. The highest BCUT2D eigenvalue weighted by Crippen LogP contribution is 2.37. The first-order chi connectivity index (χ1) is 9.46. The van der Waals surface area contributed by atoms with E-state index < -0.39 is 11.6 Å². The van der Waals surface area contributed by atoms with Gasteiger partial charge in [-0.05, 0) is 18.7 Å². The Morgan fingerprint density at radius 1 is 1.00 bits per heavy atom. The molecule has 2 aromatic carbocycles. The molecule has 1 nitrogen and oxygen atoms in total. The van der Waals surface area contributed by atoms with E-state index in [0.717, 1.165) is 11.6 Å². The highest BCUT2D eigenvalue weighted by atomic mass is 19.1. The van der Waals surface area contributed by atoms with Crippen LogP contribution in [0.2, 0.25) is 0 Å². The van der Waals surface area contributed by atoms with Gasteiger partial charge >= 0.3 is 0 Å². The molecule has 3 heteroatoms. The summed E-state index contributed by atoms with van der Waals surface area (Å²) in [6, 6.07) is 13.4. The van der Waals surface area contributed by atoms with Crippen LogP contribution in [0.1, 0.15) is 31.0 Å². The summed E-state index contributed by atoms with van der Waals surface area (Å²) in [6.07, 6.45) is 0. The van der Waals surface area contributed by atoms with Crippen molar-refractivity contribution in [3.63, 3.8) is 0 Å². The molecular weight excluding hydrogens is 256 g/mol. The van der Waals surface area contributed by atoms with Crippen LogP contribution >= 0.6 is 0 Å². The molecule has 0 saturated heterocycles. The Morgan fingerprint density at radius 3 is 2.20 bits per heavy atom. The molecule has 0 bridgehead atoms. The van der Waals surface area contributed by atoms with Gasteiger partial charge in [0.05, 0.1) is 0 Å². The molecule has 1 atom stereocenters. The van der Waals surface area contributed by atoms with Gasteiger partial charge < -0.3 is 5.32 Å². The number of likely N-dealkylation sites (N-methyl/N-ethyl adjacent to an activating group) is 1. The molecule has 0 aromatic heterocycles. The summed E-state index contributed by atoms with van der Waals surface area (Å²) < 4.78 is 27.1. The average Bonchev–Trinajstić information content (AvgIpc) is 2.43. The molecule has 2 rings (SSSR count). The van der Waals surface area contributed by atoms with Gasteiger partial charge in [0.25, 0.3) is 0 Å². The van der Waals surface area contributed by atoms with Gasteiger partial charge in [-0.1, -0.05) is 50.2 Å². The number of hydrogen-bond donors (Lipinski definition) is 1. The van der Waals surface area contributed by atoms with E-state index in [1.165, 1.54) is 12.1 Å². The highest BCUT2D eigenvalue weighted by molar-refractivity contribution is 5.32. The summed E-state index contributed by atoms with van der Waals surface area (Å²) in [7, 11) is 1.79. The van der Waals surface area contributed by atoms with E-state index in [-0.39, 0.29) is 11.5 Å². The van der Waals surface area contributed by atoms with Gasteiger partial charge in [0.15, 0.2) is 0 Å². The standard InChI is InChI=1S/C17H19F2N/c1-17(2,12-7-5-4-6-8-12)16(20-3)14-10-9-13(18)11-15(14)19/h4-11,16,20H,1-3H3. The van der Waals surface area contributed by atoms with Crippen molar-refractivity contribution in [2.24, 2.45) is 0 Å². The molecule has 20 heavy (non-hydrogen) atoms. The summed E-state index contributed by atoms with van der Waals surface area (Å²) in [4.78, 5) is 0. The zero-order valence-electron chi connectivity index (χ0n) is 12.0. The zero-order valence-corrected chi connectivity index (χ0v) is 12.0. The van der Waals surface area contributed by atoms with Crippen molar-refractivity contribution in [2.75, 3.05) is 7.05 Å². The SMILES string of the molecule is CNC(c1ccc(F)cc1F)C(C)(C)c1ccccc1. The van der Waals surface area contributed by atoms with E-state index in [0.29, 0.717) is 5.56 Å². The zero-order chi connectivity index (χ0) is 14.8. The first-order valence-corrected chi connectivity index (χ1v) is 6.64. The third kappa shape index (κ3) is 2.73. The average molecular weight is 275 g/mol. The summed E-state index contributed by atoms with van der Waals surface area (Å²) >= 11 is 0. The molecule has 1 unspecified atom stereocenters. The molecule has 0 aliphatic carbocycles. The molecule has 0 fully saturated rings. The van der Waals surface area contributed by atoms with Crippen LogP contribution in [0.5, 0.6) is 0 Å². The minimum absolute atomic E-state index is 0.245. The number of halogens is 2. The molecule has 2 aromatic rings. The van der Waals surface area contributed by atoms with Crippen molar-refractivity contribution < 1.29 is 8.78 Å². The van der Waals surface area contributed by atoms with Crippen molar-refractivity contribution in [2.45, 2.75) is 25.3 Å². The largest absolute Gasteiger partial charge is 0.312 e. The Morgan fingerprint density at radius 2 is 1.65 bits per heavy atom. The Bertz CT molecular complexity index is 579. The second-order valence-corrected chi connectivity index (χ2v) is 5.48. The summed E-state index contributed by atoms with van der Waals surface area (Å²) in [6.45, 7) is 4.10. The molecule has 0 aliphatic heterocycles. The molecule has 0 aliphatic rings.